The largest absolute Gasteiger partial charge is 0.254 e. The quantitative estimate of drug-likeness (QED) is 0.444. The Hall–Kier alpha value is -1.39. The molecule has 16 heavy (non-hydrogen) atoms. The van der Waals surface area contributed by atoms with Crippen LogP contribution in [0.15, 0.2) is 34.3 Å². The molecular formula is C10H12FN3OS. The molecule has 86 valence electrons. The van der Waals surface area contributed by atoms with Crippen LogP contribution in [0.1, 0.15) is 5.56 Å². The second-order valence-corrected chi connectivity index (χ2v) is 4.83. The zero-order valence-electron chi connectivity index (χ0n) is 8.84. The van der Waals surface area contributed by atoms with E-state index in [1.165, 1.54) is 0 Å². The van der Waals surface area contributed by atoms with Crippen LogP contribution in [0.25, 0.3) is 10.4 Å². The van der Waals surface area contributed by atoms with Crippen molar-refractivity contribution in [2.45, 2.75) is 17.9 Å². The minimum Gasteiger partial charge on any atom is -0.254 e. The van der Waals surface area contributed by atoms with Gasteiger partial charge in [0.15, 0.2) is 0 Å². The fourth-order valence-corrected chi connectivity index (χ4v) is 2.28. The van der Waals surface area contributed by atoms with E-state index in [9.17, 15) is 8.60 Å². The number of hydrogen-bond acceptors (Lipinski definition) is 2. The maximum absolute atomic E-state index is 12.4. The fourth-order valence-electron chi connectivity index (χ4n) is 1.14. The topological polar surface area (TPSA) is 65.8 Å². The Kier molecular flexibility index (Phi) is 4.95. The molecular weight excluding hydrogens is 229 g/mol. The molecule has 0 bridgehead atoms. The molecule has 0 fully saturated rings. The normalized spacial score (nSPS) is 13.9. The summed E-state index contributed by atoms with van der Waals surface area (Å²) in [7, 11) is -1.33. The maximum Gasteiger partial charge on any atom is 0.0988 e. The van der Waals surface area contributed by atoms with Gasteiger partial charge < -0.3 is 0 Å². The predicted molar refractivity (Wildman–Crippen MR) is 61.4 cm³/mol. The van der Waals surface area contributed by atoms with Crippen LogP contribution in [-0.2, 0) is 10.8 Å². The van der Waals surface area contributed by atoms with E-state index in [1.807, 2.05) is 19.1 Å². The second-order valence-electron chi connectivity index (χ2n) is 3.34. The molecule has 0 heterocycles. The zero-order valence-corrected chi connectivity index (χ0v) is 9.65. The van der Waals surface area contributed by atoms with E-state index < -0.39 is 23.5 Å². The number of alkyl halides is 1. The molecule has 0 aromatic heterocycles. The Bertz CT molecular complexity index is 415. The van der Waals surface area contributed by atoms with Gasteiger partial charge in [-0.05, 0) is 24.6 Å². The summed E-state index contributed by atoms with van der Waals surface area (Å²) in [6.45, 7) is 1.14. The average Bonchev–Trinajstić information content (AvgIpc) is 2.29. The number of azide groups is 1. The van der Waals surface area contributed by atoms with Gasteiger partial charge >= 0.3 is 0 Å². The van der Waals surface area contributed by atoms with Gasteiger partial charge in [-0.1, -0.05) is 22.8 Å². The van der Waals surface area contributed by atoms with E-state index in [1.54, 1.807) is 12.1 Å². The maximum atomic E-state index is 12.4. The molecule has 0 unspecified atom stereocenters. The number of rotatable bonds is 5. The van der Waals surface area contributed by atoms with Crippen LogP contribution in [0.3, 0.4) is 0 Å². The SMILES string of the molecule is Cc1ccc([S@](=O)C[C@@H](CF)N=[N+]=[N-])cc1. The van der Waals surface area contributed by atoms with Crippen molar-refractivity contribution in [3.05, 3.63) is 40.3 Å². The second kappa shape index (κ2) is 6.25. The molecule has 1 rings (SSSR count). The molecule has 6 heteroatoms. The number of nitrogens with zero attached hydrogens (tertiary/aromatic N) is 3. The summed E-state index contributed by atoms with van der Waals surface area (Å²) in [4.78, 5) is 3.14. The first kappa shape index (κ1) is 12.7. The molecule has 1 aromatic carbocycles. The highest BCUT2D eigenvalue weighted by molar-refractivity contribution is 7.85. The fraction of sp³-hybridized carbons (Fsp3) is 0.400. The van der Waals surface area contributed by atoms with Gasteiger partial charge in [-0.2, -0.15) is 0 Å². The van der Waals surface area contributed by atoms with Crippen molar-refractivity contribution in [2.75, 3.05) is 12.4 Å². The lowest BCUT2D eigenvalue weighted by Crippen LogP contribution is -2.16. The molecule has 1 aromatic rings. The highest BCUT2D eigenvalue weighted by Gasteiger charge is 2.12. The van der Waals surface area contributed by atoms with E-state index >= 15 is 0 Å². The summed E-state index contributed by atoms with van der Waals surface area (Å²) in [5.41, 5.74) is 9.25. The van der Waals surface area contributed by atoms with Crippen molar-refractivity contribution >= 4 is 10.8 Å². The van der Waals surface area contributed by atoms with Crippen molar-refractivity contribution in [3.8, 4) is 0 Å². The number of aryl methyl sites for hydroxylation is 1. The van der Waals surface area contributed by atoms with Crippen molar-refractivity contribution in [2.24, 2.45) is 5.11 Å². The molecule has 4 nitrogen and oxygen atoms in total. The lowest BCUT2D eigenvalue weighted by molar-refractivity contribution is 0.446. The standard InChI is InChI=1S/C10H12FN3OS/c1-8-2-4-10(5-3-8)16(15)7-9(6-11)13-14-12/h2-5,9H,6-7H2,1H3/t9-,16-/m1/s1. The summed E-state index contributed by atoms with van der Waals surface area (Å²) in [5, 5.41) is 3.24. The van der Waals surface area contributed by atoms with E-state index in [-0.39, 0.29) is 5.75 Å². The molecule has 0 saturated heterocycles. The molecule has 0 N–H and O–H groups in total. The predicted octanol–water partition coefficient (Wildman–Crippen LogP) is 2.75. The lowest BCUT2D eigenvalue weighted by atomic mass is 10.2. The Labute approximate surface area is 95.6 Å². The van der Waals surface area contributed by atoms with Gasteiger partial charge in [-0.25, -0.2) is 0 Å². The number of hydrogen-bond donors (Lipinski definition) is 0. The van der Waals surface area contributed by atoms with Crippen LogP contribution in [0.5, 0.6) is 0 Å². The van der Waals surface area contributed by atoms with Gasteiger partial charge in [0.2, 0.25) is 0 Å². The van der Waals surface area contributed by atoms with Gasteiger partial charge in [0.05, 0.1) is 23.5 Å². The molecule has 0 aliphatic heterocycles. The summed E-state index contributed by atoms with van der Waals surface area (Å²) in [6.07, 6.45) is 0. The van der Waals surface area contributed by atoms with Gasteiger partial charge in [-0.3, -0.25) is 8.60 Å². The van der Waals surface area contributed by atoms with Gasteiger partial charge in [-0.15, -0.1) is 0 Å². The Morgan fingerprint density at radius 3 is 2.62 bits per heavy atom. The van der Waals surface area contributed by atoms with Crippen molar-refractivity contribution in [3.63, 3.8) is 0 Å². The first-order valence-electron chi connectivity index (χ1n) is 4.72. The minimum atomic E-state index is -1.33. The molecule has 2 atom stereocenters. The number of benzene rings is 1. The monoisotopic (exact) mass is 241 g/mol. The van der Waals surface area contributed by atoms with E-state index in [2.05, 4.69) is 10.0 Å². The molecule has 0 radical (unpaired) electrons. The van der Waals surface area contributed by atoms with E-state index in [0.29, 0.717) is 4.90 Å². The smallest absolute Gasteiger partial charge is 0.0988 e. The molecule has 0 saturated carbocycles. The summed E-state index contributed by atoms with van der Waals surface area (Å²) >= 11 is 0. The van der Waals surface area contributed by atoms with Crippen LogP contribution in [0.4, 0.5) is 4.39 Å². The van der Waals surface area contributed by atoms with E-state index in [4.69, 9.17) is 5.53 Å². The first-order valence-corrected chi connectivity index (χ1v) is 6.04. The van der Waals surface area contributed by atoms with Crippen LogP contribution in [-0.4, -0.2) is 22.7 Å². The Morgan fingerprint density at radius 2 is 2.12 bits per heavy atom. The third-order valence-electron chi connectivity index (χ3n) is 2.02. The van der Waals surface area contributed by atoms with Crippen molar-refractivity contribution < 1.29 is 8.60 Å². The Morgan fingerprint density at radius 1 is 1.50 bits per heavy atom. The molecule has 0 aliphatic carbocycles. The van der Waals surface area contributed by atoms with Gasteiger partial charge in [0.25, 0.3) is 0 Å². The molecule has 0 amide bonds. The van der Waals surface area contributed by atoms with Crippen molar-refractivity contribution in [1.29, 1.82) is 0 Å². The Balaban J connectivity index is 2.71. The van der Waals surface area contributed by atoms with Crippen LogP contribution >= 0.6 is 0 Å². The van der Waals surface area contributed by atoms with Crippen LogP contribution in [0.2, 0.25) is 0 Å². The van der Waals surface area contributed by atoms with Gasteiger partial charge in [0.1, 0.15) is 0 Å². The number of halogens is 1. The van der Waals surface area contributed by atoms with Crippen molar-refractivity contribution in [1.82, 2.24) is 0 Å². The van der Waals surface area contributed by atoms with Crippen LogP contribution < -0.4 is 0 Å². The van der Waals surface area contributed by atoms with Gasteiger partial charge in [0, 0.05) is 15.6 Å². The van der Waals surface area contributed by atoms with E-state index in [0.717, 1.165) is 5.56 Å². The zero-order chi connectivity index (χ0) is 12.0. The highest BCUT2D eigenvalue weighted by atomic mass is 32.2. The summed E-state index contributed by atoms with van der Waals surface area (Å²) < 4.78 is 24.1. The first-order chi connectivity index (χ1) is 7.67. The average molecular weight is 241 g/mol. The summed E-state index contributed by atoms with van der Waals surface area (Å²) in [5.74, 6) is 0.0175. The summed E-state index contributed by atoms with van der Waals surface area (Å²) in [6, 6.07) is 6.29. The molecule has 0 spiro atoms. The third-order valence-corrected chi connectivity index (χ3v) is 3.51. The third kappa shape index (κ3) is 3.64. The lowest BCUT2D eigenvalue weighted by Gasteiger charge is -2.06. The minimum absolute atomic E-state index is 0.0175. The molecule has 0 aliphatic rings. The highest BCUT2D eigenvalue weighted by Crippen LogP contribution is 2.10. The van der Waals surface area contributed by atoms with Crippen LogP contribution in [0, 0.1) is 6.92 Å².